The number of nitrogens with zero attached hydrogens (tertiary/aromatic N) is 3. The summed E-state index contributed by atoms with van der Waals surface area (Å²) < 4.78 is 0. The summed E-state index contributed by atoms with van der Waals surface area (Å²) in [6, 6.07) is 12.2. The van der Waals surface area contributed by atoms with E-state index in [1.807, 2.05) is 0 Å². The van der Waals surface area contributed by atoms with Crippen LogP contribution in [0, 0.1) is 22.7 Å². The van der Waals surface area contributed by atoms with Crippen molar-refractivity contribution in [1.82, 2.24) is 0 Å². The van der Waals surface area contributed by atoms with Gasteiger partial charge >= 0.3 is 5.60 Å². The van der Waals surface area contributed by atoms with Gasteiger partial charge in [-0.25, -0.2) is 0 Å². The monoisotopic (exact) mass is 283 g/mol. The number of nitriles is 2. The van der Waals surface area contributed by atoms with E-state index in [9.17, 15) is 20.1 Å². The van der Waals surface area contributed by atoms with Crippen molar-refractivity contribution < 1.29 is 14.4 Å². The molecule has 0 aliphatic carbocycles. The molecule has 0 radical (unpaired) electrons. The maximum Gasteiger partial charge on any atom is 0.310 e. The second-order valence-electron chi connectivity index (χ2n) is 4.36. The first kappa shape index (κ1) is 16.1. The van der Waals surface area contributed by atoms with Gasteiger partial charge in [0.2, 0.25) is 0 Å². The van der Waals surface area contributed by atoms with Crippen LogP contribution in [0.5, 0.6) is 0 Å². The smallest absolute Gasteiger partial charge is 0.310 e. The zero-order valence-electron chi connectivity index (χ0n) is 11.7. The first-order valence-corrected chi connectivity index (χ1v) is 6.08. The number of carbonyl (C=O) groups excluding carboxylic acids is 2. The molecule has 0 saturated carbocycles. The topological polar surface area (TPSA) is 103 Å². The fourth-order valence-corrected chi connectivity index (χ4v) is 1.56. The predicted molar refractivity (Wildman–Crippen MR) is 74.0 cm³/mol. The Balaban J connectivity index is 3.05. The Morgan fingerprint density at radius 1 is 1.14 bits per heavy atom. The third-order valence-corrected chi connectivity index (χ3v) is 2.62. The van der Waals surface area contributed by atoms with Gasteiger partial charge in [0.15, 0.2) is 17.3 Å². The Bertz CT molecular complexity index is 621. The lowest BCUT2D eigenvalue weighted by molar-refractivity contribution is -0.115. The Kier molecular flexibility index (Phi) is 5.33. The van der Waals surface area contributed by atoms with E-state index >= 15 is 0 Å². The lowest BCUT2D eigenvalue weighted by Crippen LogP contribution is -2.31. The zero-order valence-corrected chi connectivity index (χ0v) is 11.7. The van der Waals surface area contributed by atoms with E-state index in [1.54, 1.807) is 42.5 Å². The maximum absolute atomic E-state index is 11.2. The molecule has 6 nitrogen and oxygen atoms in total. The Morgan fingerprint density at radius 3 is 2.10 bits per heavy atom. The molecule has 0 atom stereocenters. The van der Waals surface area contributed by atoms with Crippen molar-refractivity contribution >= 4 is 17.3 Å². The lowest BCUT2D eigenvalue weighted by atomic mass is 9.97. The molecule has 1 aromatic rings. The van der Waals surface area contributed by atoms with Gasteiger partial charge in [-0.05, 0) is 5.56 Å². The highest BCUT2D eigenvalue weighted by Gasteiger charge is 2.34. The van der Waals surface area contributed by atoms with Gasteiger partial charge in [-0.15, -0.1) is 0 Å². The number of oxime groups is 1. The quantitative estimate of drug-likeness (QED) is 0.447. The Labute approximate surface area is 122 Å². The minimum absolute atomic E-state index is 0.0343. The number of rotatable bonds is 6. The van der Waals surface area contributed by atoms with Gasteiger partial charge in [0.25, 0.3) is 0 Å². The molecule has 0 spiro atoms. The molecule has 0 unspecified atom stereocenters. The zero-order chi connectivity index (χ0) is 15.9. The van der Waals surface area contributed by atoms with Crippen molar-refractivity contribution in [3.63, 3.8) is 0 Å². The second kappa shape index (κ2) is 6.97. The predicted octanol–water partition coefficient (Wildman–Crippen LogP) is 1.57. The molecule has 106 valence electrons. The summed E-state index contributed by atoms with van der Waals surface area (Å²) in [6.07, 6.45) is -0.0343. The number of benzene rings is 1. The highest BCUT2D eigenvalue weighted by atomic mass is 16.6. The van der Waals surface area contributed by atoms with Crippen molar-refractivity contribution in [1.29, 1.82) is 10.5 Å². The molecule has 1 aromatic carbocycles. The molecule has 0 aromatic heterocycles. The van der Waals surface area contributed by atoms with Gasteiger partial charge in [0.1, 0.15) is 12.1 Å². The molecular formula is C15H13N3O3. The summed E-state index contributed by atoms with van der Waals surface area (Å²) in [6.45, 7) is 2.31. The van der Waals surface area contributed by atoms with Crippen LogP contribution < -0.4 is 0 Å². The summed E-state index contributed by atoms with van der Waals surface area (Å²) in [4.78, 5) is 27.4. The van der Waals surface area contributed by atoms with Gasteiger partial charge in [-0.2, -0.15) is 10.5 Å². The average Bonchev–Trinajstić information content (AvgIpc) is 2.46. The summed E-state index contributed by atoms with van der Waals surface area (Å²) in [7, 11) is 0. The first-order chi connectivity index (χ1) is 9.94. The third-order valence-electron chi connectivity index (χ3n) is 2.62. The average molecular weight is 283 g/mol. The SMILES string of the molecule is CC(=O)C(=NOC(C#N)(C#N)Cc1ccccc1)C(C)=O. The highest BCUT2D eigenvalue weighted by Crippen LogP contribution is 2.17. The fourth-order valence-electron chi connectivity index (χ4n) is 1.56. The van der Waals surface area contributed by atoms with Crippen LogP contribution in [-0.2, 0) is 20.8 Å². The van der Waals surface area contributed by atoms with Gasteiger partial charge in [0, 0.05) is 20.3 Å². The van der Waals surface area contributed by atoms with E-state index in [-0.39, 0.29) is 6.42 Å². The fraction of sp³-hybridized carbons (Fsp3) is 0.267. The highest BCUT2D eigenvalue weighted by molar-refractivity contribution is 6.65. The van der Waals surface area contributed by atoms with Crippen molar-refractivity contribution in [2.75, 3.05) is 0 Å². The molecule has 0 fully saturated rings. The van der Waals surface area contributed by atoms with Crippen molar-refractivity contribution in [3.8, 4) is 12.1 Å². The number of Topliss-reactive ketones (excluding diaryl/α,β-unsaturated/α-hetero) is 2. The van der Waals surface area contributed by atoms with E-state index < -0.39 is 22.9 Å². The molecule has 0 heterocycles. The summed E-state index contributed by atoms with van der Waals surface area (Å²) in [5, 5.41) is 21.8. The van der Waals surface area contributed by atoms with Crippen LogP contribution in [0.2, 0.25) is 0 Å². The molecule has 0 aliphatic heterocycles. The van der Waals surface area contributed by atoms with Crippen molar-refractivity contribution in [3.05, 3.63) is 35.9 Å². The van der Waals surface area contributed by atoms with E-state index in [1.165, 1.54) is 0 Å². The van der Waals surface area contributed by atoms with Crippen LogP contribution in [-0.4, -0.2) is 22.9 Å². The molecule has 0 aliphatic rings. The van der Waals surface area contributed by atoms with Crippen molar-refractivity contribution in [2.24, 2.45) is 5.16 Å². The molecule has 0 bridgehead atoms. The first-order valence-electron chi connectivity index (χ1n) is 6.08. The largest absolute Gasteiger partial charge is 0.357 e. The molecule has 21 heavy (non-hydrogen) atoms. The molecular weight excluding hydrogens is 270 g/mol. The summed E-state index contributed by atoms with van der Waals surface area (Å²) in [5.74, 6) is -1.18. The molecule has 6 heteroatoms. The number of ketones is 2. The van der Waals surface area contributed by atoms with Crippen LogP contribution >= 0.6 is 0 Å². The summed E-state index contributed by atoms with van der Waals surface area (Å²) in [5.41, 5.74) is -1.63. The van der Waals surface area contributed by atoms with Crippen LogP contribution in [0.3, 0.4) is 0 Å². The lowest BCUT2D eigenvalue weighted by Gasteiger charge is -2.16. The second-order valence-corrected chi connectivity index (χ2v) is 4.36. The minimum Gasteiger partial charge on any atom is -0.357 e. The van der Waals surface area contributed by atoms with E-state index in [0.29, 0.717) is 5.56 Å². The van der Waals surface area contributed by atoms with Gasteiger partial charge in [-0.3, -0.25) is 9.59 Å². The third kappa shape index (κ3) is 4.26. The minimum atomic E-state index is -1.89. The van der Waals surface area contributed by atoms with Crippen LogP contribution in [0.4, 0.5) is 0 Å². The van der Waals surface area contributed by atoms with E-state index in [2.05, 4.69) is 5.16 Å². The molecule has 0 amide bonds. The van der Waals surface area contributed by atoms with Crippen LogP contribution in [0.1, 0.15) is 19.4 Å². The van der Waals surface area contributed by atoms with E-state index in [4.69, 9.17) is 4.84 Å². The van der Waals surface area contributed by atoms with E-state index in [0.717, 1.165) is 13.8 Å². The number of hydrogen-bond donors (Lipinski definition) is 0. The molecule has 0 saturated heterocycles. The van der Waals surface area contributed by atoms with Gasteiger partial charge < -0.3 is 4.84 Å². The van der Waals surface area contributed by atoms with Crippen molar-refractivity contribution in [2.45, 2.75) is 25.9 Å². The maximum atomic E-state index is 11.2. The van der Waals surface area contributed by atoms with Crippen LogP contribution in [0.15, 0.2) is 35.5 Å². The molecule has 1 rings (SSSR count). The normalized spacial score (nSPS) is 9.90. The number of carbonyl (C=O) groups is 2. The Hall–Kier alpha value is -2.99. The van der Waals surface area contributed by atoms with Gasteiger partial charge in [-0.1, -0.05) is 35.5 Å². The van der Waals surface area contributed by atoms with Crippen LogP contribution in [0.25, 0.3) is 0 Å². The molecule has 0 N–H and O–H groups in total. The van der Waals surface area contributed by atoms with Gasteiger partial charge in [0.05, 0.1) is 0 Å². The standard InChI is InChI=1S/C15H13N3O3/c1-11(19)14(12(2)20)18-21-15(9-16,10-17)8-13-6-4-3-5-7-13/h3-7H,8H2,1-2H3. The Morgan fingerprint density at radius 2 is 1.67 bits per heavy atom. The number of hydrogen-bond acceptors (Lipinski definition) is 6. The summed E-state index contributed by atoms with van der Waals surface area (Å²) >= 11 is 0.